The van der Waals surface area contributed by atoms with E-state index in [1.807, 2.05) is 6.07 Å². The summed E-state index contributed by atoms with van der Waals surface area (Å²) in [6, 6.07) is 19.9. The quantitative estimate of drug-likeness (QED) is 0.388. The van der Waals surface area contributed by atoms with Gasteiger partial charge in [0.15, 0.2) is 5.78 Å². The van der Waals surface area contributed by atoms with Gasteiger partial charge in [-0.3, -0.25) is 14.9 Å². The number of nitrogens with one attached hydrogen (secondary N) is 1. The molecule has 0 saturated carbocycles. The lowest BCUT2D eigenvalue weighted by atomic mass is 10.0. The van der Waals surface area contributed by atoms with Crippen LogP contribution >= 0.6 is 11.6 Å². The van der Waals surface area contributed by atoms with Gasteiger partial charge in [-0.15, -0.1) is 0 Å². The van der Waals surface area contributed by atoms with Crippen molar-refractivity contribution in [2.24, 2.45) is 0 Å². The first-order valence-electron chi connectivity index (χ1n) is 7.45. The first-order valence-corrected chi connectivity index (χ1v) is 7.83. The van der Waals surface area contributed by atoms with E-state index >= 15 is 0 Å². The molecule has 0 aliphatic rings. The van der Waals surface area contributed by atoms with E-state index in [1.54, 1.807) is 54.6 Å². The molecule has 0 aromatic heterocycles. The first-order chi connectivity index (χ1) is 12.0. The van der Waals surface area contributed by atoms with Crippen LogP contribution in [0.5, 0.6) is 0 Å². The maximum atomic E-state index is 12.8. The number of benzene rings is 3. The van der Waals surface area contributed by atoms with E-state index in [1.165, 1.54) is 12.1 Å². The number of carbonyl (C=O) groups excluding carboxylic acids is 1. The van der Waals surface area contributed by atoms with Gasteiger partial charge in [0.25, 0.3) is 5.69 Å². The fraction of sp³-hybridized carbons (Fsp3) is 0. The Kier molecular flexibility index (Phi) is 4.77. The summed E-state index contributed by atoms with van der Waals surface area (Å²) in [6.45, 7) is 0. The Hall–Kier alpha value is -3.18. The van der Waals surface area contributed by atoms with Crippen molar-refractivity contribution in [1.82, 2.24) is 0 Å². The molecule has 3 aromatic carbocycles. The van der Waals surface area contributed by atoms with Crippen LogP contribution in [0, 0.1) is 10.1 Å². The molecule has 25 heavy (non-hydrogen) atoms. The van der Waals surface area contributed by atoms with Crippen LogP contribution in [0.2, 0.25) is 5.02 Å². The van der Waals surface area contributed by atoms with E-state index in [4.69, 9.17) is 11.6 Å². The molecule has 3 rings (SSSR count). The molecular formula is C19H13ClN2O3. The van der Waals surface area contributed by atoms with Gasteiger partial charge in [-0.2, -0.15) is 0 Å². The van der Waals surface area contributed by atoms with Gasteiger partial charge in [-0.1, -0.05) is 41.9 Å². The number of ketones is 1. The van der Waals surface area contributed by atoms with Crippen LogP contribution in [-0.2, 0) is 0 Å². The van der Waals surface area contributed by atoms with Crippen LogP contribution in [0.4, 0.5) is 17.1 Å². The smallest absolute Gasteiger partial charge is 0.269 e. The molecule has 0 aliphatic carbocycles. The SMILES string of the molecule is O=C(c1ccccc1)c1cc(Cl)ccc1Nc1ccc([N+](=O)[O-])cc1. The lowest BCUT2D eigenvalue weighted by molar-refractivity contribution is -0.384. The van der Waals surface area contributed by atoms with E-state index in [9.17, 15) is 14.9 Å². The summed E-state index contributed by atoms with van der Waals surface area (Å²) in [5, 5.41) is 14.3. The summed E-state index contributed by atoms with van der Waals surface area (Å²) >= 11 is 6.05. The van der Waals surface area contributed by atoms with E-state index in [0.717, 1.165) is 0 Å². The van der Waals surface area contributed by atoms with Crippen molar-refractivity contribution < 1.29 is 9.72 Å². The molecule has 0 heterocycles. The van der Waals surface area contributed by atoms with Gasteiger partial charge in [0.2, 0.25) is 0 Å². The van der Waals surface area contributed by atoms with Gasteiger partial charge in [0.05, 0.1) is 4.92 Å². The molecule has 0 saturated heterocycles. The molecule has 6 heteroatoms. The van der Waals surface area contributed by atoms with Crippen molar-refractivity contribution in [3.8, 4) is 0 Å². The lowest BCUT2D eigenvalue weighted by Gasteiger charge is -2.12. The molecule has 0 aliphatic heterocycles. The maximum absolute atomic E-state index is 12.8. The average molecular weight is 353 g/mol. The van der Waals surface area contributed by atoms with Crippen LogP contribution in [0.25, 0.3) is 0 Å². The molecule has 0 atom stereocenters. The third-order valence-corrected chi connectivity index (χ3v) is 3.85. The summed E-state index contributed by atoms with van der Waals surface area (Å²) in [6.07, 6.45) is 0. The number of non-ortho nitro benzene ring substituents is 1. The standard InChI is InChI=1S/C19H13ClN2O3/c20-14-6-11-18(21-15-7-9-16(10-8-15)22(24)25)17(12-14)19(23)13-4-2-1-3-5-13/h1-12,21H. The molecule has 3 aromatic rings. The van der Waals surface area contributed by atoms with Crippen LogP contribution in [0.15, 0.2) is 72.8 Å². The Bertz CT molecular complexity index is 925. The Morgan fingerprint density at radius 3 is 2.28 bits per heavy atom. The van der Waals surface area contributed by atoms with Crippen LogP contribution < -0.4 is 5.32 Å². The van der Waals surface area contributed by atoms with Crippen LogP contribution in [0.1, 0.15) is 15.9 Å². The zero-order valence-corrected chi connectivity index (χ0v) is 13.7. The van der Waals surface area contributed by atoms with E-state index in [0.29, 0.717) is 27.5 Å². The number of nitrogens with zero attached hydrogens (tertiary/aromatic N) is 1. The fourth-order valence-electron chi connectivity index (χ4n) is 2.38. The molecule has 0 bridgehead atoms. The second kappa shape index (κ2) is 7.15. The maximum Gasteiger partial charge on any atom is 0.269 e. The molecule has 0 spiro atoms. The van der Waals surface area contributed by atoms with Crippen molar-refractivity contribution in [2.45, 2.75) is 0 Å². The summed E-state index contributed by atoms with van der Waals surface area (Å²) in [5.74, 6) is -0.160. The highest BCUT2D eigenvalue weighted by Gasteiger charge is 2.15. The van der Waals surface area contributed by atoms with Crippen molar-refractivity contribution in [1.29, 1.82) is 0 Å². The Morgan fingerprint density at radius 2 is 1.64 bits per heavy atom. The highest BCUT2D eigenvalue weighted by atomic mass is 35.5. The molecule has 124 valence electrons. The number of rotatable bonds is 5. The molecule has 0 fully saturated rings. The monoisotopic (exact) mass is 352 g/mol. The third kappa shape index (κ3) is 3.84. The predicted molar refractivity (Wildman–Crippen MR) is 97.7 cm³/mol. The number of carbonyl (C=O) groups is 1. The van der Waals surface area contributed by atoms with E-state index < -0.39 is 4.92 Å². The Balaban J connectivity index is 1.94. The predicted octanol–water partition coefficient (Wildman–Crippen LogP) is 5.22. The zero-order chi connectivity index (χ0) is 17.8. The molecule has 1 N–H and O–H groups in total. The number of halogens is 1. The highest BCUT2D eigenvalue weighted by molar-refractivity contribution is 6.31. The van der Waals surface area contributed by atoms with Gasteiger partial charge in [0.1, 0.15) is 0 Å². The molecule has 0 unspecified atom stereocenters. The van der Waals surface area contributed by atoms with Gasteiger partial charge in [-0.25, -0.2) is 0 Å². The van der Waals surface area contributed by atoms with E-state index in [2.05, 4.69) is 5.32 Å². The molecule has 0 radical (unpaired) electrons. The van der Waals surface area contributed by atoms with Gasteiger partial charge in [-0.05, 0) is 30.3 Å². The normalized spacial score (nSPS) is 10.3. The number of hydrogen-bond donors (Lipinski definition) is 1. The summed E-state index contributed by atoms with van der Waals surface area (Å²) in [5.41, 5.74) is 2.19. The highest BCUT2D eigenvalue weighted by Crippen LogP contribution is 2.27. The molecular weight excluding hydrogens is 340 g/mol. The fourth-order valence-corrected chi connectivity index (χ4v) is 2.55. The van der Waals surface area contributed by atoms with E-state index in [-0.39, 0.29) is 11.5 Å². The minimum Gasteiger partial charge on any atom is -0.355 e. The Morgan fingerprint density at radius 1 is 0.960 bits per heavy atom. The van der Waals surface area contributed by atoms with Gasteiger partial charge in [0, 0.05) is 39.7 Å². The minimum atomic E-state index is -0.462. The first kappa shape index (κ1) is 16.7. The van der Waals surface area contributed by atoms with Crippen molar-refractivity contribution in [2.75, 3.05) is 5.32 Å². The number of nitro benzene ring substituents is 1. The molecule has 5 nitrogen and oxygen atoms in total. The second-order valence-electron chi connectivity index (χ2n) is 5.31. The second-order valence-corrected chi connectivity index (χ2v) is 5.75. The summed E-state index contributed by atoms with van der Waals surface area (Å²) in [7, 11) is 0. The number of anilines is 2. The number of hydrogen-bond acceptors (Lipinski definition) is 4. The largest absolute Gasteiger partial charge is 0.355 e. The van der Waals surface area contributed by atoms with Gasteiger partial charge >= 0.3 is 0 Å². The van der Waals surface area contributed by atoms with Crippen molar-refractivity contribution in [3.05, 3.63) is 99.1 Å². The lowest BCUT2D eigenvalue weighted by Crippen LogP contribution is -2.05. The molecule has 0 amide bonds. The van der Waals surface area contributed by atoms with Crippen LogP contribution in [-0.4, -0.2) is 10.7 Å². The third-order valence-electron chi connectivity index (χ3n) is 3.62. The van der Waals surface area contributed by atoms with Crippen molar-refractivity contribution in [3.63, 3.8) is 0 Å². The zero-order valence-electron chi connectivity index (χ0n) is 13.0. The van der Waals surface area contributed by atoms with Gasteiger partial charge < -0.3 is 5.32 Å². The topological polar surface area (TPSA) is 72.2 Å². The summed E-state index contributed by atoms with van der Waals surface area (Å²) in [4.78, 5) is 23.0. The number of nitro groups is 1. The Labute approximate surface area is 149 Å². The minimum absolute atomic E-state index is 0.00208. The van der Waals surface area contributed by atoms with Crippen molar-refractivity contribution >= 4 is 34.4 Å². The summed E-state index contributed by atoms with van der Waals surface area (Å²) < 4.78 is 0. The average Bonchev–Trinajstić information content (AvgIpc) is 2.64. The van der Waals surface area contributed by atoms with Crippen LogP contribution in [0.3, 0.4) is 0 Å².